The Hall–Kier alpha value is -1.83. The number of carboxylic acids is 1. The molecule has 0 spiro atoms. The smallest absolute Gasteiger partial charge is 0.344 e. The standard InChI is InChI=1S/C7H9N3O5/c11-5(12)3-1-15-2-4(3)10-6(13)8-9-7(10)14/h3-4H,1-2H2,(H,8,13)(H,9,14)(H,11,12). The minimum atomic E-state index is -1.08. The summed E-state index contributed by atoms with van der Waals surface area (Å²) in [6, 6.07) is -0.745. The van der Waals surface area contributed by atoms with Gasteiger partial charge in [0.05, 0.1) is 19.3 Å². The Kier molecular flexibility index (Phi) is 2.19. The molecular formula is C7H9N3O5. The molecule has 1 aliphatic heterocycles. The van der Waals surface area contributed by atoms with Crippen LogP contribution in [0.25, 0.3) is 0 Å². The van der Waals surface area contributed by atoms with Crippen LogP contribution in [0.4, 0.5) is 0 Å². The van der Waals surface area contributed by atoms with Crippen LogP contribution in [0.15, 0.2) is 9.59 Å². The minimum absolute atomic E-state index is 0.0110. The fraction of sp³-hybridized carbons (Fsp3) is 0.571. The first-order valence-electron chi connectivity index (χ1n) is 4.31. The third kappa shape index (κ3) is 1.48. The van der Waals surface area contributed by atoms with Crippen LogP contribution in [-0.2, 0) is 9.53 Å². The number of nitrogens with zero attached hydrogens (tertiary/aromatic N) is 1. The molecule has 1 fully saturated rings. The summed E-state index contributed by atoms with van der Waals surface area (Å²) in [7, 11) is 0. The molecule has 15 heavy (non-hydrogen) atoms. The van der Waals surface area contributed by atoms with E-state index in [0.717, 1.165) is 4.57 Å². The second kappa shape index (κ2) is 3.39. The molecule has 0 aromatic carbocycles. The summed E-state index contributed by atoms with van der Waals surface area (Å²) in [5.74, 6) is -1.94. The Morgan fingerprint density at radius 2 is 1.93 bits per heavy atom. The number of hydrogen-bond acceptors (Lipinski definition) is 4. The lowest BCUT2D eigenvalue weighted by Crippen LogP contribution is -2.37. The van der Waals surface area contributed by atoms with Gasteiger partial charge in [-0.15, -0.1) is 0 Å². The highest BCUT2D eigenvalue weighted by atomic mass is 16.5. The van der Waals surface area contributed by atoms with E-state index in [1.165, 1.54) is 0 Å². The van der Waals surface area contributed by atoms with Crippen LogP contribution in [0.5, 0.6) is 0 Å². The number of rotatable bonds is 2. The van der Waals surface area contributed by atoms with Crippen molar-refractivity contribution in [1.29, 1.82) is 0 Å². The summed E-state index contributed by atoms with van der Waals surface area (Å²) in [6.07, 6.45) is 0. The summed E-state index contributed by atoms with van der Waals surface area (Å²) in [4.78, 5) is 33.3. The molecule has 8 nitrogen and oxygen atoms in total. The van der Waals surface area contributed by atoms with E-state index in [1.54, 1.807) is 0 Å². The molecule has 8 heteroatoms. The Labute approximate surface area is 82.5 Å². The second-order valence-corrected chi connectivity index (χ2v) is 3.28. The summed E-state index contributed by atoms with van der Waals surface area (Å²) in [5.41, 5.74) is -1.30. The number of aromatic amines is 2. The van der Waals surface area contributed by atoms with Crippen molar-refractivity contribution >= 4 is 5.97 Å². The number of nitrogens with one attached hydrogen (secondary N) is 2. The van der Waals surface area contributed by atoms with E-state index >= 15 is 0 Å². The van der Waals surface area contributed by atoms with Crippen molar-refractivity contribution < 1.29 is 14.6 Å². The predicted octanol–water partition coefficient (Wildman–Crippen LogP) is -1.86. The molecule has 1 saturated heterocycles. The van der Waals surface area contributed by atoms with E-state index in [4.69, 9.17) is 9.84 Å². The highest BCUT2D eigenvalue weighted by molar-refractivity contribution is 5.71. The SMILES string of the molecule is O=C(O)C1COCC1n1c(=O)[nH][nH]c1=O. The molecule has 2 unspecified atom stereocenters. The van der Waals surface area contributed by atoms with Gasteiger partial charge in [-0.1, -0.05) is 0 Å². The number of carbonyl (C=O) groups is 1. The van der Waals surface area contributed by atoms with Gasteiger partial charge in [-0.05, 0) is 0 Å². The number of aliphatic carboxylic acids is 1. The highest BCUT2D eigenvalue weighted by Crippen LogP contribution is 2.23. The first-order valence-corrected chi connectivity index (χ1v) is 4.31. The third-order valence-electron chi connectivity index (χ3n) is 2.41. The lowest BCUT2D eigenvalue weighted by atomic mass is 10.0. The average Bonchev–Trinajstić information content (AvgIpc) is 2.73. The average molecular weight is 215 g/mol. The first-order chi connectivity index (χ1) is 7.11. The maximum Gasteiger partial charge on any atom is 0.344 e. The van der Waals surface area contributed by atoms with Gasteiger partial charge < -0.3 is 9.84 Å². The molecule has 0 aliphatic carbocycles. The van der Waals surface area contributed by atoms with Gasteiger partial charge in [0, 0.05) is 0 Å². The van der Waals surface area contributed by atoms with Crippen LogP contribution in [0.2, 0.25) is 0 Å². The molecule has 82 valence electrons. The number of H-pyrrole nitrogens is 2. The van der Waals surface area contributed by atoms with Gasteiger partial charge in [-0.2, -0.15) is 0 Å². The van der Waals surface area contributed by atoms with Gasteiger partial charge in [0.15, 0.2) is 0 Å². The van der Waals surface area contributed by atoms with Crippen LogP contribution in [0.3, 0.4) is 0 Å². The molecule has 1 aromatic rings. The van der Waals surface area contributed by atoms with E-state index in [-0.39, 0.29) is 13.2 Å². The van der Waals surface area contributed by atoms with E-state index in [0.29, 0.717) is 0 Å². The zero-order valence-corrected chi connectivity index (χ0v) is 7.60. The molecule has 2 rings (SSSR count). The summed E-state index contributed by atoms with van der Waals surface area (Å²) < 4.78 is 5.80. The third-order valence-corrected chi connectivity index (χ3v) is 2.41. The summed E-state index contributed by atoms with van der Waals surface area (Å²) in [5, 5.41) is 13.0. The van der Waals surface area contributed by atoms with Gasteiger partial charge in [0.25, 0.3) is 0 Å². The van der Waals surface area contributed by atoms with Gasteiger partial charge in [-0.3, -0.25) is 4.79 Å². The molecule has 1 aliphatic rings. The molecule has 2 heterocycles. The Morgan fingerprint density at radius 1 is 1.33 bits per heavy atom. The fourth-order valence-corrected chi connectivity index (χ4v) is 1.65. The van der Waals surface area contributed by atoms with Crippen molar-refractivity contribution in [2.45, 2.75) is 6.04 Å². The first kappa shape index (κ1) is 9.71. The molecule has 0 amide bonds. The lowest BCUT2D eigenvalue weighted by Gasteiger charge is -2.11. The zero-order chi connectivity index (χ0) is 11.0. The van der Waals surface area contributed by atoms with Crippen molar-refractivity contribution in [3.8, 4) is 0 Å². The number of carboxylic acid groups (broad SMARTS) is 1. The fourth-order valence-electron chi connectivity index (χ4n) is 1.65. The Bertz CT molecular complexity index is 456. The molecular weight excluding hydrogens is 206 g/mol. The highest BCUT2D eigenvalue weighted by Gasteiger charge is 2.37. The van der Waals surface area contributed by atoms with Crippen LogP contribution < -0.4 is 11.4 Å². The van der Waals surface area contributed by atoms with Crippen LogP contribution in [0.1, 0.15) is 6.04 Å². The van der Waals surface area contributed by atoms with Crippen LogP contribution >= 0.6 is 0 Å². The number of aromatic nitrogens is 3. The molecule has 2 atom stereocenters. The van der Waals surface area contributed by atoms with E-state index in [2.05, 4.69) is 10.2 Å². The number of hydrogen-bond donors (Lipinski definition) is 3. The van der Waals surface area contributed by atoms with E-state index < -0.39 is 29.3 Å². The quantitative estimate of drug-likeness (QED) is 0.534. The monoisotopic (exact) mass is 215 g/mol. The number of ether oxygens (including phenoxy) is 1. The molecule has 0 saturated carbocycles. The Morgan fingerprint density at radius 3 is 2.47 bits per heavy atom. The molecule has 3 N–H and O–H groups in total. The van der Waals surface area contributed by atoms with Crippen LogP contribution in [0, 0.1) is 5.92 Å². The van der Waals surface area contributed by atoms with Crippen molar-refractivity contribution in [2.75, 3.05) is 13.2 Å². The van der Waals surface area contributed by atoms with Gasteiger partial charge in [-0.25, -0.2) is 24.4 Å². The predicted molar refractivity (Wildman–Crippen MR) is 46.7 cm³/mol. The van der Waals surface area contributed by atoms with Gasteiger partial charge in [0.2, 0.25) is 0 Å². The van der Waals surface area contributed by atoms with Crippen molar-refractivity contribution in [1.82, 2.24) is 14.8 Å². The summed E-state index contributed by atoms with van der Waals surface area (Å²) in [6.45, 7) is 0.0644. The van der Waals surface area contributed by atoms with E-state index in [1.807, 2.05) is 0 Å². The maximum absolute atomic E-state index is 11.2. The van der Waals surface area contributed by atoms with Crippen LogP contribution in [-0.4, -0.2) is 39.1 Å². The topological polar surface area (TPSA) is 117 Å². The van der Waals surface area contributed by atoms with Crippen molar-refractivity contribution in [3.63, 3.8) is 0 Å². The maximum atomic E-state index is 11.2. The Balaban J connectivity index is 2.43. The molecule has 0 radical (unpaired) electrons. The minimum Gasteiger partial charge on any atom is -0.481 e. The molecule has 1 aromatic heterocycles. The normalized spacial score (nSPS) is 25.6. The van der Waals surface area contributed by atoms with E-state index in [9.17, 15) is 14.4 Å². The van der Waals surface area contributed by atoms with Crippen molar-refractivity contribution in [3.05, 3.63) is 21.0 Å². The largest absolute Gasteiger partial charge is 0.481 e. The van der Waals surface area contributed by atoms with Gasteiger partial charge in [0.1, 0.15) is 5.92 Å². The zero-order valence-electron chi connectivity index (χ0n) is 7.60. The van der Waals surface area contributed by atoms with Crippen molar-refractivity contribution in [2.24, 2.45) is 5.92 Å². The van der Waals surface area contributed by atoms with Gasteiger partial charge >= 0.3 is 17.3 Å². The second-order valence-electron chi connectivity index (χ2n) is 3.28. The lowest BCUT2D eigenvalue weighted by molar-refractivity contribution is -0.142. The summed E-state index contributed by atoms with van der Waals surface area (Å²) >= 11 is 0. The molecule has 0 bridgehead atoms.